The standard InChI is InChI=1S/C19H25NO3.C2H4/c1-11-6-12(2)18(13(3)7-11)19-16(22)8-15(9-17(19)23)10-20(5)14(4)21;1-2/h6-7,15,19H,8-10H2,1-5H3;1-2H2. The third kappa shape index (κ3) is 4.88. The monoisotopic (exact) mass is 343 g/mol. The van der Waals surface area contributed by atoms with E-state index in [-0.39, 0.29) is 23.4 Å². The van der Waals surface area contributed by atoms with Gasteiger partial charge in [0.05, 0.1) is 0 Å². The van der Waals surface area contributed by atoms with Crippen molar-refractivity contribution in [3.8, 4) is 0 Å². The van der Waals surface area contributed by atoms with Crippen LogP contribution in [0.5, 0.6) is 0 Å². The maximum Gasteiger partial charge on any atom is 0.219 e. The molecule has 1 saturated carbocycles. The summed E-state index contributed by atoms with van der Waals surface area (Å²) in [5.74, 6) is -0.769. The molecule has 1 aliphatic carbocycles. The first kappa shape index (κ1) is 20.8. The molecule has 4 heteroatoms. The lowest BCUT2D eigenvalue weighted by Crippen LogP contribution is -2.38. The Balaban J connectivity index is 0.00000151. The molecule has 1 aromatic carbocycles. The van der Waals surface area contributed by atoms with E-state index in [9.17, 15) is 14.4 Å². The van der Waals surface area contributed by atoms with E-state index in [1.807, 2.05) is 32.9 Å². The second-order valence-electron chi connectivity index (χ2n) is 6.85. The van der Waals surface area contributed by atoms with Crippen molar-refractivity contribution in [3.05, 3.63) is 47.5 Å². The Morgan fingerprint density at radius 1 is 1.08 bits per heavy atom. The SMILES string of the molecule is C=C.CC(=O)N(C)CC1CC(=O)C(c2c(C)cc(C)cc2C)C(=O)C1. The topological polar surface area (TPSA) is 54.5 Å². The van der Waals surface area contributed by atoms with Gasteiger partial charge in [0.2, 0.25) is 5.91 Å². The lowest BCUT2D eigenvalue weighted by Gasteiger charge is -2.30. The molecule has 136 valence electrons. The molecular weight excluding hydrogens is 314 g/mol. The van der Waals surface area contributed by atoms with Crippen LogP contribution in [0.15, 0.2) is 25.3 Å². The molecule has 1 aromatic rings. The van der Waals surface area contributed by atoms with Crippen LogP contribution >= 0.6 is 0 Å². The zero-order valence-electron chi connectivity index (χ0n) is 16.0. The van der Waals surface area contributed by atoms with Gasteiger partial charge in [0.15, 0.2) is 0 Å². The minimum absolute atomic E-state index is 0.0155. The van der Waals surface area contributed by atoms with E-state index in [0.29, 0.717) is 19.4 Å². The number of aryl methyl sites for hydroxylation is 3. The molecule has 0 aromatic heterocycles. The van der Waals surface area contributed by atoms with Gasteiger partial charge in [0.1, 0.15) is 17.5 Å². The molecule has 0 saturated heterocycles. The normalized spacial score (nSPS) is 19.9. The van der Waals surface area contributed by atoms with E-state index in [4.69, 9.17) is 0 Å². The van der Waals surface area contributed by atoms with E-state index >= 15 is 0 Å². The Bertz CT molecular complexity index is 637. The predicted octanol–water partition coefficient (Wildman–Crippen LogP) is 3.52. The molecule has 25 heavy (non-hydrogen) atoms. The third-order valence-electron chi connectivity index (χ3n) is 4.72. The van der Waals surface area contributed by atoms with Crippen molar-refractivity contribution in [2.45, 2.75) is 46.5 Å². The maximum atomic E-state index is 12.6. The van der Waals surface area contributed by atoms with Gasteiger partial charge in [-0.1, -0.05) is 17.7 Å². The van der Waals surface area contributed by atoms with Crippen LogP contribution in [0, 0.1) is 26.7 Å². The molecule has 0 bridgehead atoms. The Kier molecular flexibility index (Phi) is 7.28. The van der Waals surface area contributed by atoms with Crippen molar-refractivity contribution in [2.75, 3.05) is 13.6 Å². The minimum atomic E-state index is -0.630. The number of nitrogens with zero attached hydrogens (tertiary/aromatic N) is 1. The highest BCUT2D eigenvalue weighted by molar-refractivity contribution is 6.10. The van der Waals surface area contributed by atoms with Gasteiger partial charge in [-0.05, 0) is 43.4 Å². The molecule has 0 radical (unpaired) electrons. The summed E-state index contributed by atoms with van der Waals surface area (Å²) in [6.45, 7) is 13.9. The number of ketones is 2. The summed E-state index contributed by atoms with van der Waals surface area (Å²) in [5, 5.41) is 0. The summed E-state index contributed by atoms with van der Waals surface area (Å²) in [7, 11) is 1.71. The van der Waals surface area contributed by atoms with Gasteiger partial charge in [-0.2, -0.15) is 0 Å². The van der Waals surface area contributed by atoms with Crippen LogP contribution in [0.2, 0.25) is 0 Å². The molecule has 2 rings (SSSR count). The summed E-state index contributed by atoms with van der Waals surface area (Å²) in [6, 6.07) is 4.05. The molecule has 1 amide bonds. The number of amides is 1. The quantitative estimate of drug-likeness (QED) is 0.623. The second kappa shape index (κ2) is 8.75. The Hall–Kier alpha value is -2.23. The highest BCUT2D eigenvalue weighted by Gasteiger charge is 2.38. The first-order valence-electron chi connectivity index (χ1n) is 8.55. The fraction of sp³-hybridized carbons (Fsp3) is 0.476. The summed E-state index contributed by atoms with van der Waals surface area (Å²) in [5.41, 5.74) is 4.03. The highest BCUT2D eigenvalue weighted by atomic mass is 16.2. The zero-order valence-corrected chi connectivity index (χ0v) is 16.0. The Morgan fingerprint density at radius 2 is 1.52 bits per heavy atom. The zero-order chi connectivity index (χ0) is 19.3. The van der Waals surface area contributed by atoms with Gasteiger partial charge >= 0.3 is 0 Å². The van der Waals surface area contributed by atoms with Gasteiger partial charge in [-0.15, -0.1) is 13.2 Å². The number of rotatable bonds is 3. The smallest absolute Gasteiger partial charge is 0.219 e. The average Bonchev–Trinajstić information content (AvgIpc) is 2.50. The van der Waals surface area contributed by atoms with E-state index < -0.39 is 5.92 Å². The van der Waals surface area contributed by atoms with E-state index in [1.54, 1.807) is 11.9 Å². The van der Waals surface area contributed by atoms with Crippen LogP contribution in [0.1, 0.15) is 47.9 Å². The first-order chi connectivity index (χ1) is 11.7. The maximum absolute atomic E-state index is 12.6. The number of carbonyl (C=O) groups is 3. The van der Waals surface area contributed by atoms with Crippen LogP contribution in [-0.2, 0) is 14.4 Å². The Labute approximate surface area is 150 Å². The van der Waals surface area contributed by atoms with Crippen LogP contribution in [-0.4, -0.2) is 36.0 Å². The molecule has 0 unspecified atom stereocenters. The summed E-state index contributed by atoms with van der Waals surface area (Å²) < 4.78 is 0. The number of hydrogen-bond acceptors (Lipinski definition) is 3. The fourth-order valence-corrected chi connectivity index (χ4v) is 3.67. The van der Waals surface area contributed by atoms with Gasteiger partial charge in [-0.3, -0.25) is 14.4 Å². The summed E-state index contributed by atoms with van der Waals surface area (Å²) in [6.07, 6.45) is 0.724. The lowest BCUT2D eigenvalue weighted by atomic mass is 9.74. The summed E-state index contributed by atoms with van der Waals surface area (Å²) in [4.78, 5) is 38.2. The van der Waals surface area contributed by atoms with Crippen LogP contribution < -0.4 is 0 Å². The first-order valence-corrected chi connectivity index (χ1v) is 8.55. The molecule has 1 aliphatic rings. The van der Waals surface area contributed by atoms with Crippen LogP contribution in [0.3, 0.4) is 0 Å². The lowest BCUT2D eigenvalue weighted by molar-refractivity contribution is -0.136. The van der Waals surface area contributed by atoms with Gasteiger partial charge in [0.25, 0.3) is 0 Å². The number of Topliss-reactive ketones (excluding diaryl/α,β-unsaturated/α-hetero) is 2. The molecular formula is C21H29NO3. The predicted molar refractivity (Wildman–Crippen MR) is 101 cm³/mol. The van der Waals surface area contributed by atoms with Crippen molar-refractivity contribution in [3.63, 3.8) is 0 Å². The van der Waals surface area contributed by atoms with Crippen LogP contribution in [0.25, 0.3) is 0 Å². The molecule has 4 nitrogen and oxygen atoms in total. The molecule has 0 heterocycles. The van der Waals surface area contributed by atoms with Gasteiger partial charge in [-0.25, -0.2) is 0 Å². The molecule has 0 N–H and O–H groups in total. The third-order valence-corrected chi connectivity index (χ3v) is 4.72. The van der Waals surface area contributed by atoms with Crippen LogP contribution in [0.4, 0.5) is 0 Å². The molecule has 0 atom stereocenters. The van der Waals surface area contributed by atoms with Gasteiger partial charge < -0.3 is 4.90 Å². The van der Waals surface area contributed by atoms with Crippen molar-refractivity contribution < 1.29 is 14.4 Å². The minimum Gasteiger partial charge on any atom is -0.346 e. The number of hydrogen-bond donors (Lipinski definition) is 0. The van der Waals surface area contributed by atoms with E-state index in [0.717, 1.165) is 22.3 Å². The van der Waals surface area contributed by atoms with Crippen molar-refractivity contribution in [1.29, 1.82) is 0 Å². The number of carbonyl (C=O) groups excluding carboxylic acids is 3. The second-order valence-corrected chi connectivity index (χ2v) is 6.85. The van der Waals surface area contributed by atoms with Crippen molar-refractivity contribution in [2.24, 2.45) is 5.92 Å². The van der Waals surface area contributed by atoms with E-state index in [1.165, 1.54) is 6.92 Å². The Morgan fingerprint density at radius 3 is 1.92 bits per heavy atom. The van der Waals surface area contributed by atoms with Gasteiger partial charge in [0, 0.05) is 33.4 Å². The molecule has 1 fully saturated rings. The van der Waals surface area contributed by atoms with Crippen molar-refractivity contribution >= 4 is 17.5 Å². The largest absolute Gasteiger partial charge is 0.346 e. The van der Waals surface area contributed by atoms with E-state index in [2.05, 4.69) is 13.2 Å². The molecule has 0 aliphatic heterocycles. The number of benzene rings is 1. The highest BCUT2D eigenvalue weighted by Crippen LogP contribution is 2.34. The van der Waals surface area contributed by atoms with Crippen molar-refractivity contribution in [1.82, 2.24) is 4.90 Å². The summed E-state index contributed by atoms with van der Waals surface area (Å²) >= 11 is 0. The molecule has 0 spiro atoms. The average molecular weight is 343 g/mol. The fourth-order valence-electron chi connectivity index (χ4n) is 3.67.